The lowest BCUT2D eigenvalue weighted by Crippen LogP contribution is -2.34. The predicted molar refractivity (Wildman–Crippen MR) is 86.8 cm³/mol. The second-order valence-corrected chi connectivity index (χ2v) is 5.34. The Balaban J connectivity index is 1.71. The Labute approximate surface area is 132 Å². The van der Waals surface area contributed by atoms with E-state index in [0.29, 0.717) is 17.4 Å². The van der Waals surface area contributed by atoms with Gasteiger partial charge < -0.3 is 5.32 Å². The molecule has 0 aliphatic carbocycles. The summed E-state index contributed by atoms with van der Waals surface area (Å²) in [6.07, 6.45) is 0. The highest BCUT2D eigenvalue weighted by atomic mass is 16.2. The number of nitrogens with one attached hydrogen (secondary N) is 1. The van der Waals surface area contributed by atoms with Gasteiger partial charge in [-0.15, -0.1) is 5.10 Å². The van der Waals surface area contributed by atoms with Crippen molar-refractivity contribution in [2.45, 2.75) is 20.0 Å². The van der Waals surface area contributed by atoms with Crippen LogP contribution in [0.4, 0.5) is 0 Å². The van der Waals surface area contributed by atoms with Gasteiger partial charge in [-0.05, 0) is 24.6 Å². The van der Waals surface area contributed by atoms with Crippen LogP contribution < -0.4 is 10.9 Å². The Morgan fingerprint density at radius 3 is 2.83 bits per heavy atom. The van der Waals surface area contributed by atoms with Crippen molar-refractivity contribution in [3.63, 3.8) is 0 Å². The summed E-state index contributed by atoms with van der Waals surface area (Å²) in [7, 11) is 0. The van der Waals surface area contributed by atoms with Crippen LogP contribution in [0, 0.1) is 6.92 Å². The minimum absolute atomic E-state index is 0.150. The number of hydrogen-bond acceptors (Lipinski definition) is 4. The van der Waals surface area contributed by atoms with Gasteiger partial charge in [-0.3, -0.25) is 9.59 Å². The Hall–Kier alpha value is -3.02. The summed E-state index contributed by atoms with van der Waals surface area (Å²) in [6.45, 7) is 2.26. The average molecular weight is 308 g/mol. The molecule has 2 aromatic carbocycles. The summed E-state index contributed by atoms with van der Waals surface area (Å²) in [4.78, 5) is 24.3. The molecule has 6 heteroatoms. The van der Waals surface area contributed by atoms with Gasteiger partial charge in [-0.1, -0.05) is 47.2 Å². The number of nitrogens with zero attached hydrogens (tertiary/aromatic N) is 3. The van der Waals surface area contributed by atoms with E-state index in [9.17, 15) is 9.59 Å². The molecule has 23 heavy (non-hydrogen) atoms. The predicted octanol–water partition coefficient (Wildman–Crippen LogP) is 1.42. The molecule has 0 saturated heterocycles. The van der Waals surface area contributed by atoms with E-state index in [4.69, 9.17) is 0 Å². The molecule has 1 N–H and O–H groups in total. The molecule has 0 aliphatic rings. The molecular formula is C17H16N4O2. The largest absolute Gasteiger partial charge is 0.350 e. The molecule has 3 aromatic rings. The first-order valence-corrected chi connectivity index (χ1v) is 7.28. The van der Waals surface area contributed by atoms with Gasteiger partial charge in [0.05, 0.1) is 5.39 Å². The monoisotopic (exact) mass is 308 g/mol. The molecule has 0 saturated carbocycles. The number of aryl methyl sites for hydroxylation is 1. The maximum atomic E-state index is 12.3. The molecule has 1 aromatic heterocycles. The zero-order chi connectivity index (χ0) is 16.2. The third-order valence-electron chi connectivity index (χ3n) is 3.49. The normalized spacial score (nSPS) is 10.7. The average Bonchev–Trinajstić information content (AvgIpc) is 2.56. The standard InChI is InChI=1S/C17H16N4O2/c1-12-5-4-6-13(9-12)10-18-16(22)11-21-17(23)14-7-2-3-8-15(14)19-20-21/h2-9H,10-11H2,1H3,(H,18,22). The lowest BCUT2D eigenvalue weighted by Gasteiger charge is -2.07. The fraction of sp³-hybridized carbons (Fsp3) is 0.176. The molecule has 0 unspecified atom stereocenters. The van der Waals surface area contributed by atoms with Crippen molar-refractivity contribution in [1.29, 1.82) is 0 Å². The summed E-state index contributed by atoms with van der Waals surface area (Å²) in [5, 5.41) is 11.0. The molecule has 6 nitrogen and oxygen atoms in total. The smallest absolute Gasteiger partial charge is 0.278 e. The summed E-state index contributed by atoms with van der Waals surface area (Å²) in [6, 6.07) is 14.8. The van der Waals surface area contributed by atoms with E-state index < -0.39 is 0 Å². The van der Waals surface area contributed by atoms with Crippen molar-refractivity contribution in [3.8, 4) is 0 Å². The van der Waals surface area contributed by atoms with Crippen LogP contribution in [0.15, 0.2) is 53.3 Å². The zero-order valence-corrected chi connectivity index (χ0v) is 12.7. The second-order valence-electron chi connectivity index (χ2n) is 5.34. The molecule has 3 rings (SSSR count). The van der Waals surface area contributed by atoms with Gasteiger partial charge in [0.15, 0.2) is 0 Å². The fourth-order valence-electron chi connectivity index (χ4n) is 2.34. The number of amides is 1. The molecule has 0 bridgehead atoms. The van der Waals surface area contributed by atoms with E-state index in [1.54, 1.807) is 24.3 Å². The zero-order valence-electron chi connectivity index (χ0n) is 12.7. The summed E-state index contributed by atoms with van der Waals surface area (Å²) >= 11 is 0. The number of aromatic nitrogens is 3. The van der Waals surface area contributed by atoms with Crippen LogP contribution in [-0.2, 0) is 17.9 Å². The lowest BCUT2D eigenvalue weighted by atomic mass is 10.1. The van der Waals surface area contributed by atoms with Gasteiger partial charge >= 0.3 is 0 Å². The Morgan fingerprint density at radius 2 is 2.00 bits per heavy atom. The topological polar surface area (TPSA) is 76.9 Å². The van der Waals surface area contributed by atoms with Gasteiger partial charge in [-0.2, -0.15) is 0 Å². The number of carbonyl (C=O) groups excluding carboxylic acids is 1. The SMILES string of the molecule is Cc1cccc(CNC(=O)Cn2nnc3ccccc3c2=O)c1. The van der Waals surface area contributed by atoms with Gasteiger partial charge in [0.25, 0.3) is 5.56 Å². The van der Waals surface area contributed by atoms with E-state index in [1.165, 1.54) is 0 Å². The quantitative estimate of drug-likeness (QED) is 0.790. The highest BCUT2D eigenvalue weighted by Gasteiger charge is 2.09. The summed E-state index contributed by atoms with van der Waals surface area (Å²) < 4.78 is 1.08. The number of carbonyl (C=O) groups is 1. The summed E-state index contributed by atoms with van der Waals surface area (Å²) in [5.41, 5.74) is 2.35. The molecule has 1 heterocycles. The molecule has 0 radical (unpaired) electrons. The van der Waals surface area contributed by atoms with Crippen molar-refractivity contribution in [2.24, 2.45) is 0 Å². The maximum Gasteiger partial charge on any atom is 0.278 e. The van der Waals surface area contributed by atoms with Crippen LogP contribution in [0.5, 0.6) is 0 Å². The van der Waals surface area contributed by atoms with Gasteiger partial charge in [0.2, 0.25) is 5.91 Å². The molecule has 0 fully saturated rings. The van der Waals surface area contributed by atoms with Crippen molar-refractivity contribution in [1.82, 2.24) is 20.3 Å². The van der Waals surface area contributed by atoms with E-state index in [2.05, 4.69) is 15.6 Å². The molecule has 1 amide bonds. The van der Waals surface area contributed by atoms with Crippen molar-refractivity contribution < 1.29 is 4.79 Å². The Bertz CT molecular complexity index is 918. The Kier molecular flexibility index (Phi) is 4.14. The van der Waals surface area contributed by atoms with Crippen LogP contribution in [0.25, 0.3) is 10.9 Å². The molecule has 0 spiro atoms. The number of rotatable bonds is 4. The molecule has 0 aliphatic heterocycles. The number of fused-ring (bicyclic) bond motifs is 1. The van der Waals surface area contributed by atoms with E-state index in [0.717, 1.165) is 15.8 Å². The van der Waals surface area contributed by atoms with E-state index in [1.807, 2.05) is 31.2 Å². The van der Waals surface area contributed by atoms with Gasteiger partial charge in [0.1, 0.15) is 12.1 Å². The highest BCUT2D eigenvalue weighted by Crippen LogP contribution is 2.04. The number of hydrogen-bond donors (Lipinski definition) is 1. The Morgan fingerprint density at radius 1 is 1.17 bits per heavy atom. The van der Waals surface area contributed by atoms with E-state index >= 15 is 0 Å². The van der Waals surface area contributed by atoms with Crippen LogP contribution in [0.2, 0.25) is 0 Å². The molecular weight excluding hydrogens is 292 g/mol. The van der Waals surface area contributed by atoms with Crippen LogP contribution >= 0.6 is 0 Å². The third-order valence-corrected chi connectivity index (χ3v) is 3.49. The minimum Gasteiger partial charge on any atom is -0.350 e. The van der Waals surface area contributed by atoms with Crippen molar-refractivity contribution >= 4 is 16.8 Å². The fourth-order valence-corrected chi connectivity index (χ4v) is 2.34. The van der Waals surface area contributed by atoms with Crippen LogP contribution in [0.3, 0.4) is 0 Å². The summed E-state index contributed by atoms with van der Waals surface area (Å²) in [5.74, 6) is -0.279. The lowest BCUT2D eigenvalue weighted by molar-refractivity contribution is -0.122. The van der Waals surface area contributed by atoms with Crippen molar-refractivity contribution in [2.75, 3.05) is 0 Å². The maximum absolute atomic E-state index is 12.3. The number of benzene rings is 2. The molecule has 0 atom stereocenters. The van der Waals surface area contributed by atoms with Crippen LogP contribution in [0.1, 0.15) is 11.1 Å². The third kappa shape index (κ3) is 3.42. The first kappa shape index (κ1) is 14.9. The van der Waals surface area contributed by atoms with E-state index in [-0.39, 0.29) is 18.0 Å². The second kappa shape index (κ2) is 6.39. The minimum atomic E-state index is -0.318. The van der Waals surface area contributed by atoms with Gasteiger partial charge in [-0.25, -0.2) is 4.68 Å². The highest BCUT2D eigenvalue weighted by molar-refractivity contribution is 5.78. The van der Waals surface area contributed by atoms with Crippen LogP contribution in [-0.4, -0.2) is 20.9 Å². The first-order valence-electron chi connectivity index (χ1n) is 7.28. The van der Waals surface area contributed by atoms with Crippen molar-refractivity contribution in [3.05, 3.63) is 70.0 Å². The van der Waals surface area contributed by atoms with Gasteiger partial charge in [0, 0.05) is 6.54 Å². The molecule has 116 valence electrons. The first-order chi connectivity index (χ1) is 11.1.